The van der Waals surface area contributed by atoms with Gasteiger partial charge in [-0.1, -0.05) is 18.2 Å². The largest absolute Gasteiger partial charge is 0.507 e. The number of Topliss-reactive ketones (excluding diaryl/α,β-unsaturated/α-hetero) is 1. The molecule has 28 heavy (non-hydrogen) atoms. The fourth-order valence-corrected chi connectivity index (χ4v) is 3.71. The van der Waals surface area contributed by atoms with Gasteiger partial charge in [0.1, 0.15) is 35.0 Å². The van der Waals surface area contributed by atoms with Gasteiger partial charge in [0.15, 0.2) is 5.78 Å². The van der Waals surface area contributed by atoms with Crippen LogP contribution in [0.15, 0.2) is 36.4 Å². The van der Waals surface area contributed by atoms with E-state index in [9.17, 15) is 9.90 Å². The molecule has 2 heterocycles. The minimum absolute atomic E-state index is 0.0362. The molecule has 0 radical (unpaired) electrons. The summed E-state index contributed by atoms with van der Waals surface area (Å²) in [5.74, 6) is 1.01. The number of aromatic hydroxyl groups is 1. The number of morpholine rings is 1. The summed E-state index contributed by atoms with van der Waals surface area (Å²) in [6.45, 7) is 6.83. The Bertz CT molecular complexity index is 890. The number of phenolic OH excluding ortho intramolecular Hbond substituents is 1. The van der Waals surface area contributed by atoms with Gasteiger partial charge in [0.05, 0.1) is 19.6 Å². The molecule has 0 aliphatic carbocycles. The van der Waals surface area contributed by atoms with Crippen molar-refractivity contribution in [2.24, 2.45) is 0 Å². The van der Waals surface area contributed by atoms with Gasteiger partial charge in [-0.25, -0.2) is 0 Å². The maximum Gasteiger partial charge on any atom is 0.174 e. The standard InChI is InChI=1S/C22H25NO5/c1-15-5-3-4-6-19(15)27-14-22(2)13-18(25)21-17(24)11-16(12-20(21)28-22)23-7-9-26-10-8-23/h3-6,11-12,24H,7-10,13-14H2,1-2H3. The molecule has 2 aromatic rings. The summed E-state index contributed by atoms with van der Waals surface area (Å²) in [5.41, 5.74) is 1.31. The van der Waals surface area contributed by atoms with E-state index in [2.05, 4.69) is 4.90 Å². The fourth-order valence-electron chi connectivity index (χ4n) is 3.71. The first-order valence-electron chi connectivity index (χ1n) is 9.55. The first-order valence-corrected chi connectivity index (χ1v) is 9.55. The zero-order chi connectivity index (χ0) is 19.7. The topological polar surface area (TPSA) is 68.2 Å². The first kappa shape index (κ1) is 18.6. The number of phenols is 1. The number of aryl methyl sites for hydroxylation is 1. The fraction of sp³-hybridized carbons (Fsp3) is 0.409. The lowest BCUT2D eigenvalue weighted by Gasteiger charge is -2.36. The van der Waals surface area contributed by atoms with Gasteiger partial charge in [-0.05, 0) is 25.5 Å². The maximum absolute atomic E-state index is 12.8. The lowest BCUT2D eigenvalue weighted by molar-refractivity contribution is 0.0184. The molecular formula is C22H25NO5. The predicted molar refractivity (Wildman–Crippen MR) is 106 cm³/mol. The van der Waals surface area contributed by atoms with Gasteiger partial charge in [0.2, 0.25) is 0 Å². The van der Waals surface area contributed by atoms with Gasteiger partial charge < -0.3 is 24.2 Å². The molecule has 6 heteroatoms. The SMILES string of the molecule is Cc1ccccc1OCC1(C)CC(=O)c2c(O)cc(N3CCOCC3)cc2O1. The minimum atomic E-state index is -0.803. The van der Waals surface area contributed by atoms with Gasteiger partial charge in [-0.2, -0.15) is 0 Å². The highest BCUT2D eigenvalue weighted by Gasteiger charge is 2.39. The number of hydrogen-bond acceptors (Lipinski definition) is 6. The molecule has 2 aromatic carbocycles. The Kier molecular flexibility index (Phi) is 4.89. The highest BCUT2D eigenvalue weighted by molar-refractivity contribution is 6.03. The number of rotatable bonds is 4. The summed E-state index contributed by atoms with van der Waals surface area (Å²) in [6, 6.07) is 11.2. The van der Waals surface area contributed by atoms with E-state index in [-0.39, 0.29) is 30.1 Å². The molecule has 1 unspecified atom stereocenters. The summed E-state index contributed by atoms with van der Waals surface area (Å²) in [7, 11) is 0. The van der Waals surface area contributed by atoms with Crippen molar-refractivity contribution in [2.45, 2.75) is 25.9 Å². The molecule has 0 amide bonds. The van der Waals surface area contributed by atoms with E-state index in [0.717, 1.165) is 30.1 Å². The Morgan fingerprint density at radius 1 is 1.21 bits per heavy atom. The van der Waals surface area contributed by atoms with Crippen molar-refractivity contribution in [3.8, 4) is 17.2 Å². The van der Waals surface area contributed by atoms with Crippen LogP contribution in [0.4, 0.5) is 5.69 Å². The summed E-state index contributed by atoms with van der Waals surface area (Å²) in [4.78, 5) is 14.9. The Labute approximate surface area is 164 Å². The van der Waals surface area contributed by atoms with Crippen LogP contribution in [0.2, 0.25) is 0 Å². The van der Waals surface area contributed by atoms with Crippen molar-refractivity contribution in [1.82, 2.24) is 0 Å². The molecule has 4 rings (SSSR count). The number of anilines is 1. The van der Waals surface area contributed by atoms with Crippen molar-refractivity contribution < 1.29 is 24.1 Å². The summed E-state index contributed by atoms with van der Waals surface area (Å²) in [5, 5.41) is 10.5. The number of ketones is 1. The minimum Gasteiger partial charge on any atom is -0.507 e. The highest BCUT2D eigenvalue weighted by atomic mass is 16.5. The van der Waals surface area contributed by atoms with E-state index in [1.807, 2.05) is 44.2 Å². The quantitative estimate of drug-likeness (QED) is 0.873. The van der Waals surface area contributed by atoms with Gasteiger partial charge in [0.25, 0.3) is 0 Å². The number of ether oxygens (including phenoxy) is 3. The lowest BCUT2D eigenvalue weighted by atomic mass is 9.91. The second-order valence-electron chi connectivity index (χ2n) is 7.64. The van der Waals surface area contributed by atoms with Crippen LogP contribution < -0.4 is 14.4 Å². The van der Waals surface area contributed by atoms with E-state index >= 15 is 0 Å². The van der Waals surface area contributed by atoms with Crippen LogP contribution in [0.1, 0.15) is 29.3 Å². The zero-order valence-corrected chi connectivity index (χ0v) is 16.2. The number of carbonyl (C=O) groups is 1. The molecule has 0 spiro atoms. The Hall–Kier alpha value is -2.73. The lowest BCUT2D eigenvalue weighted by Crippen LogP contribution is -2.44. The average molecular weight is 383 g/mol. The first-order chi connectivity index (χ1) is 13.5. The number of fused-ring (bicyclic) bond motifs is 1. The normalized spacial score (nSPS) is 21.8. The van der Waals surface area contributed by atoms with Crippen LogP contribution in [0.25, 0.3) is 0 Å². The van der Waals surface area contributed by atoms with Crippen molar-refractivity contribution in [3.63, 3.8) is 0 Å². The molecule has 1 fully saturated rings. The van der Waals surface area contributed by atoms with Crippen LogP contribution in [-0.4, -0.2) is 49.4 Å². The molecule has 1 atom stereocenters. The van der Waals surface area contributed by atoms with Crippen LogP contribution >= 0.6 is 0 Å². The predicted octanol–water partition coefficient (Wildman–Crippen LogP) is 3.34. The van der Waals surface area contributed by atoms with Crippen molar-refractivity contribution in [1.29, 1.82) is 0 Å². The molecule has 6 nitrogen and oxygen atoms in total. The van der Waals surface area contributed by atoms with Crippen LogP contribution in [-0.2, 0) is 4.74 Å². The van der Waals surface area contributed by atoms with E-state index in [4.69, 9.17) is 14.2 Å². The van der Waals surface area contributed by atoms with Crippen molar-refractivity contribution in [3.05, 3.63) is 47.5 Å². The number of nitrogens with zero attached hydrogens (tertiary/aromatic N) is 1. The average Bonchev–Trinajstić information content (AvgIpc) is 2.67. The summed E-state index contributed by atoms with van der Waals surface area (Å²) < 4.78 is 17.5. The molecule has 1 saturated heterocycles. The molecular weight excluding hydrogens is 358 g/mol. The maximum atomic E-state index is 12.8. The highest BCUT2D eigenvalue weighted by Crippen LogP contribution is 2.41. The van der Waals surface area contributed by atoms with Crippen LogP contribution in [0.3, 0.4) is 0 Å². The third-order valence-electron chi connectivity index (χ3n) is 5.24. The number of hydrogen-bond donors (Lipinski definition) is 1. The Morgan fingerprint density at radius 3 is 2.71 bits per heavy atom. The van der Waals surface area contributed by atoms with E-state index in [1.54, 1.807) is 6.07 Å². The van der Waals surface area contributed by atoms with Crippen molar-refractivity contribution in [2.75, 3.05) is 37.8 Å². The molecule has 148 valence electrons. The van der Waals surface area contributed by atoms with Gasteiger partial charge >= 0.3 is 0 Å². The Balaban J connectivity index is 1.58. The smallest absolute Gasteiger partial charge is 0.174 e. The second kappa shape index (κ2) is 7.36. The molecule has 1 N–H and O–H groups in total. The van der Waals surface area contributed by atoms with E-state index in [0.29, 0.717) is 19.0 Å². The molecule has 2 aliphatic heterocycles. The number of carbonyl (C=O) groups excluding carboxylic acids is 1. The van der Waals surface area contributed by atoms with Gasteiger partial charge in [-0.3, -0.25) is 4.79 Å². The summed E-state index contributed by atoms with van der Waals surface area (Å²) >= 11 is 0. The van der Waals surface area contributed by atoms with Crippen LogP contribution in [0, 0.1) is 6.92 Å². The zero-order valence-electron chi connectivity index (χ0n) is 16.2. The van der Waals surface area contributed by atoms with E-state index in [1.165, 1.54) is 0 Å². The number of para-hydroxylation sites is 1. The van der Waals surface area contributed by atoms with Gasteiger partial charge in [-0.15, -0.1) is 0 Å². The molecule has 0 saturated carbocycles. The molecule has 0 aromatic heterocycles. The Morgan fingerprint density at radius 2 is 1.96 bits per heavy atom. The number of benzene rings is 2. The third kappa shape index (κ3) is 3.64. The summed E-state index contributed by atoms with van der Waals surface area (Å²) in [6.07, 6.45) is 0.149. The van der Waals surface area contributed by atoms with Crippen molar-refractivity contribution >= 4 is 11.5 Å². The third-order valence-corrected chi connectivity index (χ3v) is 5.24. The molecule has 0 bridgehead atoms. The molecule has 2 aliphatic rings. The van der Waals surface area contributed by atoms with Crippen LogP contribution in [0.5, 0.6) is 17.2 Å². The van der Waals surface area contributed by atoms with E-state index < -0.39 is 5.60 Å². The van der Waals surface area contributed by atoms with Gasteiger partial charge in [0, 0.05) is 30.9 Å². The monoisotopic (exact) mass is 383 g/mol. The second-order valence-corrected chi connectivity index (χ2v) is 7.64.